The minimum Gasteiger partial charge on any atom is -0.480 e. The first kappa shape index (κ1) is 15.5. The van der Waals surface area contributed by atoms with Crippen molar-refractivity contribution in [2.45, 2.75) is 39.8 Å². The van der Waals surface area contributed by atoms with Crippen LogP contribution in [0, 0.1) is 12.8 Å². The Morgan fingerprint density at radius 1 is 1.37 bits per heavy atom. The van der Waals surface area contributed by atoms with Crippen molar-refractivity contribution >= 4 is 23.3 Å². The van der Waals surface area contributed by atoms with Gasteiger partial charge in [0.25, 0.3) is 0 Å². The summed E-state index contributed by atoms with van der Waals surface area (Å²) in [6, 6.07) is -1.29. The van der Waals surface area contributed by atoms with Gasteiger partial charge in [-0.3, -0.25) is 0 Å². The highest BCUT2D eigenvalue weighted by Crippen LogP contribution is 2.13. The Bertz CT molecular complexity index is 443. The molecule has 1 atom stereocenters. The van der Waals surface area contributed by atoms with Gasteiger partial charge in [0.15, 0.2) is 0 Å². The molecule has 0 spiro atoms. The summed E-state index contributed by atoms with van der Waals surface area (Å²) in [6.07, 6.45) is 0.417. The Hall–Kier alpha value is -1.56. The van der Waals surface area contributed by atoms with Crippen LogP contribution in [0.2, 0.25) is 0 Å². The number of thiophene rings is 1. The molecule has 0 aliphatic heterocycles. The monoisotopic (exact) mass is 284 g/mol. The number of hydrogen-bond donors (Lipinski definition) is 3. The molecule has 0 bridgehead atoms. The smallest absolute Gasteiger partial charge is 0.326 e. The normalized spacial score (nSPS) is 12.2. The number of hydrogen-bond acceptors (Lipinski definition) is 3. The summed E-state index contributed by atoms with van der Waals surface area (Å²) in [4.78, 5) is 22.7. The largest absolute Gasteiger partial charge is 0.480 e. The molecule has 19 heavy (non-hydrogen) atoms. The summed E-state index contributed by atoms with van der Waals surface area (Å²) in [5, 5.41) is 18.2. The van der Waals surface area contributed by atoms with Gasteiger partial charge in [-0.25, -0.2) is 9.59 Å². The van der Waals surface area contributed by atoms with Crippen LogP contribution in [0.15, 0.2) is 10.8 Å². The number of urea groups is 1. The molecule has 1 aromatic heterocycles. The number of aliphatic carboxylic acids is 1. The molecule has 1 heterocycles. The van der Waals surface area contributed by atoms with Crippen LogP contribution in [0.25, 0.3) is 0 Å². The predicted octanol–water partition coefficient (Wildman–Crippen LogP) is 2.36. The maximum Gasteiger partial charge on any atom is 0.326 e. The van der Waals surface area contributed by atoms with Gasteiger partial charge in [-0.2, -0.15) is 11.3 Å². The Labute approximate surface area is 117 Å². The predicted molar refractivity (Wildman–Crippen MR) is 75.3 cm³/mol. The second kappa shape index (κ2) is 7.13. The minimum atomic E-state index is -1.00. The van der Waals surface area contributed by atoms with E-state index in [1.807, 2.05) is 31.5 Å². The third-order valence-corrected chi connectivity index (χ3v) is 3.62. The highest BCUT2D eigenvalue weighted by atomic mass is 32.1. The lowest BCUT2D eigenvalue weighted by Crippen LogP contribution is -2.46. The Morgan fingerprint density at radius 3 is 2.53 bits per heavy atom. The first-order chi connectivity index (χ1) is 8.90. The zero-order valence-electron chi connectivity index (χ0n) is 11.4. The summed E-state index contributed by atoms with van der Waals surface area (Å²) in [5.74, 6) is -0.795. The van der Waals surface area contributed by atoms with Crippen LogP contribution in [0.1, 0.15) is 31.4 Å². The molecule has 0 saturated heterocycles. The number of aryl methyl sites for hydroxylation is 1. The molecule has 6 heteroatoms. The van der Waals surface area contributed by atoms with Gasteiger partial charge in [-0.15, -0.1) is 0 Å². The van der Waals surface area contributed by atoms with E-state index >= 15 is 0 Å². The fraction of sp³-hybridized carbons (Fsp3) is 0.538. The van der Waals surface area contributed by atoms with Crippen LogP contribution >= 0.6 is 11.3 Å². The van der Waals surface area contributed by atoms with Gasteiger partial charge in [0, 0.05) is 6.54 Å². The number of amides is 2. The Kier molecular flexibility index (Phi) is 5.82. The van der Waals surface area contributed by atoms with Gasteiger partial charge < -0.3 is 15.7 Å². The van der Waals surface area contributed by atoms with E-state index in [4.69, 9.17) is 5.11 Å². The molecule has 106 valence electrons. The molecule has 0 saturated carbocycles. The summed E-state index contributed by atoms with van der Waals surface area (Å²) < 4.78 is 0. The number of carboxylic acids is 1. The molecule has 0 radical (unpaired) electrons. The van der Waals surface area contributed by atoms with Crippen molar-refractivity contribution in [1.29, 1.82) is 0 Å². The van der Waals surface area contributed by atoms with Crippen molar-refractivity contribution in [3.63, 3.8) is 0 Å². The van der Waals surface area contributed by atoms with Gasteiger partial charge in [-0.05, 0) is 41.1 Å². The fourth-order valence-electron chi connectivity index (χ4n) is 1.65. The molecule has 0 aromatic carbocycles. The van der Waals surface area contributed by atoms with Gasteiger partial charge in [0.05, 0.1) is 0 Å². The molecule has 0 aliphatic rings. The number of carbonyl (C=O) groups excluding carboxylic acids is 1. The molecular weight excluding hydrogens is 264 g/mol. The molecular formula is C13H20N2O3S. The quantitative estimate of drug-likeness (QED) is 0.750. The first-order valence-corrected chi connectivity index (χ1v) is 7.13. The third-order valence-electron chi connectivity index (χ3n) is 2.71. The molecule has 0 aliphatic carbocycles. The van der Waals surface area contributed by atoms with E-state index in [0.717, 1.165) is 11.1 Å². The number of carboxylic acid groups (broad SMARTS) is 1. The highest BCUT2D eigenvalue weighted by Gasteiger charge is 2.20. The van der Waals surface area contributed by atoms with Gasteiger partial charge in [-0.1, -0.05) is 13.8 Å². The lowest BCUT2D eigenvalue weighted by molar-refractivity contribution is -0.139. The van der Waals surface area contributed by atoms with Crippen LogP contribution in [-0.4, -0.2) is 23.1 Å². The average molecular weight is 284 g/mol. The maximum absolute atomic E-state index is 11.7. The van der Waals surface area contributed by atoms with Crippen molar-refractivity contribution in [2.24, 2.45) is 5.92 Å². The Morgan fingerprint density at radius 2 is 2.05 bits per heavy atom. The number of carbonyl (C=O) groups is 2. The second-order valence-electron chi connectivity index (χ2n) is 4.93. The maximum atomic E-state index is 11.7. The summed E-state index contributed by atoms with van der Waals surface area (Å²) in [7, 11) is 0. The van der Waals surface area contributed by atoms with Crippen molar-refractivity contribution in [1.82, 2.24) is 10.6 Å². The summed E-state index contributed by atoms with van der Waals surface area (Å²) in [6.45, 7) is 6.23. The topological polar surface area (TPSA) is 78.4 Å². The molecule has 0 fully saturated rings. The minimum absolute atomic E-state index is 0.209. The zero-order chi connectivity index (χ0) is 14.4. The van der Waals surface area contributed by atoms with Crippen LogP contribution < -0.4 is 10.6 Å². The van der Waals surface area contributed by atoms with E-state index in [0.29, 0.717) is 13.0 Å². The van der Waals surface area contributed by atoms with E-state index in [-0.39, 0.29) is 5.92 Å². The lowest BCUT2D eigenvalue weighted by Gasteiger charge is -2.16. The third kappa shape index (κ3) is 5.30. The summed E-state index contributed by atoms with van der Waals surface area (Å²) in [5.41, 5.74) is 2.18. The standard InChI is InChI=1S/C13H20N2O3S/c1-8(2)4-11(12(16)17)15-13(18)14-5-10-7-19-6-9(10)3/h6-8,11H,4-5H2,1-3H3,(H,16,17)(H2,14,15,18)/t11-/m1/s1. The van der Waals surface area contributed by atoms with Crippen molar-refractivity contribution in [3.05, 3.63) is 21.9 Å². The van der Waals surface area contributed by atoms with Crippen LogP contribution in [0.5, 0.6) is 0 Å². The first-order valence-electron chi connectivity index (χ1n) is 6.19. The molecule has 1 rings (SSSR count). The molecule has 2 amide bonds. The van der Waals surface area contributed by atoms with E-state index in [9.17, 15) is 9.59 Å². The van der Waals surface area contributed by atoms with Gasteiger partial charge in [0.2, 0.25) is 0 Å². The fourth-order valence-corrected chi connectivity index (χ4v) is 2.50. The van der Waals surface area contributed by atoms with Crippen molar-refractivity contribution in [2.75, 3.05) is 0 Å². The van der Waals surface area contributed by atoms with Crippen LogP contribution in [-0.2, 0) is 11.3 Å². The Balaban J connectivity index is 2.45. The highest BCUT2D eigenvalue weighted by molar-refractivity contribution is 7.08. The molecule has 1 aromatic rings. The number of rotatable bonds is 6. The van der Waals surface area contributed by atoms with E-state index in [1.165, 1.54) is 0 Å². The SMILES string of the molecule is Cc1cscc1CNC(=O)N[C@H](CC(C)C)C(=O)O. The second-order valence-corrected chi connectivity index (χ2v) is 5.67. The zero-order valence-corrected chi connectivity index (χ0v) is 12.2. The molecule has 3 N–H and O–H groups in total. The van der Waals surface area contributed by atoms with Crippen molar-refractivity contribution in [3.8, 4) is 0 Å². The van der Waals surface area contributed by atoms with E-state index < -0.39 is 18.0 Å². The van der Waals surface area contributed by atoms with Crippen molar-refractivity contribution < 1.29 is 14.7 Å². The van der Waals surface area contributed by atoms with Crippen LogP contribution in [0.4, 0.5) is 4.79 Å². The average Bonchev–Trinajstić information content (AvgIpc) is 2.70. The summed E-state index contributed by atoms with van der Waals surface area (Å²) >= 11 is 1.58. The van der Waals surface area contributed by atoms with Crippen LogP contribution in [0.3, 0.4) is 0 Å². The lowest BCUT2D eigenvalue weighted by atomic mass is 10.0. The van der Waals surface area contributed by atoms with E-state index in [2.05, 4.69) is 10.6 Å². The van der Waals surface area contributed by atoms with E-state index in [1.54, 1.807) is 11.3 Å². The molecule has 5 nitrogen and oxygen atoms in total. The number of nitrogens with one attached hydrogen (secondary N) is 2. The van der Waals surface area contributed by atoms with Gasteiger partial charge in [0.1, 0.15) is 6.04 Å². The van der Waals surface area contributed by atoms with Gasteiger partial charge >= 0.3 is 12.0 Å². The molecule has 0 unspecified atom stereocenters.